The molecule has 0 aliphatic carbocycles. The molecule has 0 saturated carbocycles. The zero-order chi connectivity index (χ0) is 4.24. The van der Waals surface area contributed by atoms with Gasteiger partial charge in [0.25, 0.3) is 0 Å². The number of nitrogens with zero attached hydrogens (tertiary/aromatic N) is 1. The van der Waals surface area contributed by atoms with Crippen molar-refractivity contribution in [2.75, 3.05) is 0 Å². The Bertz CT molecular complexity index is 78.9. The van der Waals surface area contributed by atoms with E-state index in [4.69, 9.17) is 0 Å². The summed E-state index contributed by atoms with van der Waals surface area (Å²) in [5, 5.41) is 3.24. The molecule has 3 nitrogen and oxygen atoms in total. The molecule has 1 aliphatic heterocycles. The van der Waals surface area contributed by atoms with Gasteiger partial charge in [-0.05, 0) is 11.2 Å². The maximum absolute atomic E-state index is 4.19. The summed E-state index contributed by atoms with van der Waals surface area (Å²) >= 11 is 0. The van der Waals surface area contributed by atoms with Gasteiger partial charge in [-0.1, -0.05) is 0 Å². The van der Waals surface area contributed by atoms with E-state index in [-0.39, 0.29) is 51.4 Å². The molecule has 1 aliphatic rings. The summed E-state index contributed by atoms with van der Waals surface area (Å²) in [6.45, 7) is 0. The maximum Gasteiger partial charge on any atom is 0.147 e. The van der Waals surface area contributed by atoms with Crippen molar-refractivity contribution in [1.82, 2.24) is 0 Å². The van der Waals surface area contributed by atoms with Crippen LogP contribution in [0.25, 0.3) is 0 Å². The molecule has 0 N–H and O–H groups in total. The second kappa shape index (κ2) is 4.80. The van der Waals surface area contributed by atoms with Gasteiger partial charge in [-0.15, -0.1) is 0 Å². The smallest absolute Gasteiger partial charge is 0.147 e. The Morgan fingerprint density at radius 2 is 2.29 bits per heavy atom. The summed E-state index contributed by atoms with van der Waals surface area (Å²) in [5.74, 6) is 0. The minimum absolute atomic E-state index is 0. The number of allylic oxidation sites excluding steroid dienone is 1. The number of hydrogen-bond donors (Lipinski definition) is 0. The summed E-state index contributed by atoms with van der Waals surface area (Å²) < 4.78 is 0. The van der Waals surface area contributed by atoms with Crippen LogP contribution in [0.3, 0.4) is 0 Å². The molecule has 0 saturated heterocycles. The Morgan fingerprint density at radius 1 is 1.43 bits per heavy atom. The molecule has 0 unspecified atom stereocenters. The van der Waals surface area contributed by atoms with Crippen LogP contribution in [-0.4, -0.2) is 57.6 Å². The standard InChI is InChI=1S/C3H3NO2.K/c1-2-4-6-5-3-1;/h1-3H;. The largest absolute Gasteiger partial charge is 0.275 e. The molecular weight excluding hydrogens is 121 g/mol. The zero-order valence-electron chi connectivity index (χ0n) is 4.00. The predicted molar refractivity (Wildman–Crippen MR) is 25.6 cm³/mol. The zero-order valence-corrected chi connectivity index (χ0v) is 7.12. The first kappa shape index (κ1) is 7.65. The summed E-state index contributed by atoms with van der Waals surface area (Å²) in [5.41, 5.74) is 0. The number of hydrogen-bond acceptors (Lipinski definition) is 3. The molecule has 1 heterocycles. The SMILES string of the molecule is C1=COON=C1.[K]. The van der Waals surface area contributed by atoms with Gasteiger partial charge in [-0.3, -0.25) is 4.89 Å². The molecule has 0 amide bonds. The molecule has 0 aromatic heterocycles. The summed E-state index contributed by atoms with van der Waals surface area (Å²) in [6, 6.07) is 0. The molecule has 1 rings (SSSR count). The maximum atomic E-state index is 4.19. The first-order valence-electron chi connectivity index (χ1n) is 1.51. The predicted octanol–water partition coefficient (Wildman–Crippen LogP) is 0.0669. The van der Waals surface area contributed by atoms with Gasteiger partial charge in [0.1, 0.15) is 6.26 Å². The molecule has 7 heavy (non-hydrogen) atoms. The van der Waals surface area contributed by atoms with E-state index in [0.29, 0.717) is 0 Å². The molecule has 4 heteroatoms. The van der Waals surface area contributed by atoms with Crippen LogP contribution >= 0.6 is 0 Å². The quantitative estimate of drug-likeness (QED) is 0.338. The summed E-state index contributed by atoms with van der Waals surface area (Å²) in [6.07, 6.45) is 4.51. The Hall–Kier alpha value is 0.646. The van der Waals surface area contributed by atoms with Crippen molar-refractivity contribution in [3.63, 3.8) is 0 Å². The fourth-order valence-electron chi connectivity index (χ4n) is 0.177. The molecule has 0 spiro atoms. The third kappa shape index (κ3) is 3.25. The molecule has 0 aromatic carbocycles. The Labute approximate surface area is 83.7 Å². The molecule has 0 atom stereocenters. The Kier molecular flexibility index (Phi) is 5.24. The summed E-state index contributed by atoms with van der Waals surface area (Å²) in [4.78, 5) is 8.24. The Balaban J connectivity index is 0.000000360. The first-order chi connectivity index (χ1) is 3.00. The minimum Gasteiger partial charge on any atom is -0.275 e. The topological polar surface area (TPSA) is 30.8 Å². The Morgan fingerprint density at radius 3 is 2.43 bits per heavy atom. The van der Waals surface area contributed by atoms with Crippen molar-refractivity contribution in [2.45, 2.75) is 0 Å². The van der Waals surface area contributed by atoms with E-state index >= 15 is 0 Å². The molecule has 0 fully saturated rings. The van der Waals surface area contributed by atoms with Crippen LogP contribution in [0.5, 0.6) is 0 Å². The van der Waals surface area contributed by atoms with Crippen LogP contribution < -0.4 is 0 Å². The van der Waals surface area contributed by atoms with Crippen molar-refractivity contribution in [3.8, 4) is 0 Å². The molecule has 0 bridgehead atoms. The van der Waals surface area contributed by atoms with Gasteiger partial charge < -0.3 is 0 Å². The third-order valence-electron chi connectivity index (χ3n) is 0.367. The van der Waals surface area contributed by atoms with Crippen molar-refractivity contribution in [3.05, 3.63) is 12.3 Å². The van der Waals surface area contributed by atoms with E-state index in [1.54, 1.807) is 6.08 Å². The van der Waals surface area contributed by atoms with E-state index in [2.05, 4.69) is 15.0 Å². The van der Waals surface area contributed by atoms with Crippen molar-refractivity contribution in [2.24, 2.45) is 5.16 Å². The van der Waals surface area contributed by atoms with Crippen LogP contribution in [0.15, 0.2) is 17.5 Å². The fraction of sp³-hybridized carbons (Fsp3) is 0. The van der Waals surface area contributed by atoms with Crippen molar-refractivity contribution < 1.29 is 9.88 Å². The van der Waals surface area contributed by atoms with Gasteiger partial charge in [0, 0.05) is 51.4 Å². The van der Waals surface area contributed by atoms with E-state index in [9.17, 15) is 0 Å². The molecule has 1 radical (unpaired) electrons. The monoisotopic (exact) mass is 124 g/mol. The number of oxime groups is 1. The van der Waals surface area contributed by atoms with Crippen LogP contribution in [0.2, 0.25) is 0 Å². The van der Waals surface area contributed by atoms with Gasteiger partial charge in [0.2, 0.25) is 0 Å². The average Bonchev–Trinajstić information content (AvgIpc) is 1.72. The van der Waals surface area contributed by atoms with Gasteiger partial charge >= 0.3 is 0 Å². The second-order valence-corrected chi connectivity index (χ2v) is 0.754. The molecular formula is C3H3KNO2. The fourth-order valence-corrected chi connectivity index (χ4v) is 0.177. The second-order valence-electron chi connectivity index (χ2n) is 0.754. The van der Waals surface area contributed by atoms with Gasteiger partial charge in [0.05, 0.1) is 6.21 Å². The van der Waals surface area contributed by atoms with E-state index in [0.717, 1.165) is 0 Å². The van der Waals surface area contributed by atoms with Gasteiger partial charge in [-0.25, -0.2) is 0 Å². The number of rotatable bonds is 0. The van der Waals surface area contributed by atoms with Crippen LogP contribution in [0.1, 0.15) is 0 Å². The molecule has 0 aromatic rings. The summed E-state index contributed by atoms with van der Waals surface area (Å²) in [7, 11) is 0. The van der Waals surface area contributed by atoms with Gasteiger partial charge in [0.15, 0.2) is 0 Å². The van der Waals surface area contributed by atoms with E-state index in [1.807, 2.05) is 0 Å². The van der Waals surface area contributed by atoms with Gasteiger partial charge in [-0.2, -0.15) is 4.99 Å². The molecule has 33 valence electrons. The van der Waals surface area contributed by atoms with E-state index < -0.39 is 0 Å². The van der Waals surface area contributed by atoms with Crippen LogP contribution in [0, 0.1) is 0 Å². The normalized spacial score (nSPS) is 13.7. The van der Waals surface area contributed by atoms with Crippen molar-refractivity contribution in [1.29, 1.82) is 0 Å². The third-order valence-corrected chi connectivity index (χ3v) is 0.367. The van der Waals surface area contributed by atoms with Crippen LogP contribution in [0.4, 0.5) is 0 Å². The van der Waals surface area contributed by atoms with Crippen LogP contribution in [-0.2, 0) is 9.88 Å². The first-order valence-corrected chi connectivity index (χ1v) is 1.51. The average molecular weight is 124 g/mol. The minimum atomic E-state index is 0. The van der Waals surface area contributed by atoms with E-state index in [1.165, 1.54) is 12.5 Å². The van der Waals surface area contributed by atoms with Crippen molar-refractivity contribution >= 4 is 57.6 Å².